The van der Waals surface area contributed by atoms with Crippen LogP contribution in [0.2, 0.25) is 0 Å². The van der Waals surface area contributed by atoms with Crippen molar-refractivity contribution in [1.82, 2.24) is 19.8 Å². The Hall–Kier alpha value is -2.12. The highest BCUT2D eigenvalue weighted by molar-refractivity contribution is 7.99. The number of thioether (sulfide) groups is 1. The molecule has 0 saturated heterocycles. The molecule has 1 amide bonds. The molecule has 176 valence electrons. The molecule has 1 aliphatic heterocycles. The van der Waals surface area contributed by atoms with Crippen LogP contribution in [-0.4, -0.2) is 38.7 Å². The number of aromatic nitrogens is 2. The van der Waals surface area contributed by atoms with Gasteiger partial charge in [-0.3, -0.25) is 14.2 Å². The first kappa shape index (κ1) is 22.7. The number of amides is 1. The second-order valence-electron chi connectivity index (χ2n) is 9.68. The number of benzene rings is 1. The molecule has 2 aromatic rings. The first-order chi connectivity index (χ1) is 16.2. The van der Waals surface area contributed by atoms with E-state index in [4.69, 9.17) is 4.98 Å². The number of nitrogens with zero attached hydrogens (tertiary/aromatic N) is 3. The van der Waals surface area contributed by atoms with Crippen molar-refractivity contribution < 1.29 is 4.79 Å². The molecule has 2 heterocycles. The van der Waals surface area contributed by atoms with Crippen LogP contribution in [-0.2, 0) is 30.8 Å². The number of fused-ring (bicyclic) bond motifs is 1. The van der Waals surface area contributed by atoms with E-state index >= 15 is 0 Å². The van der Waals surface area contributed by atoms with E-state index < -0.39 is 0 Å². The lowest BCUT2D eigenvalue weighted by molar-refractivity contribution is -0.132. The molecule has 2 fully saturated rings. The Kier molecular flexibility index (Phi) is 7.16. The van der Waals surface area contributed by atoms with Crippen LogP contribution in [0.15, 0.2) is 40.3 Å². The maximum absolute atomic E-state index is 13.5. The summed E-state index contributed by atoms with van der Waals surface area (Å²) in [6, 6.07) is 10.2. The topological polar surface area (TPSA) is 67.2 Å². The van der Waals surface area contributed by atoms with Crippen LogP contribution in [0.3, 0.4) is 0 Å². The van der Waals surface area contributed by atoms with Gasteiger partial charge >= 0.3 is 0 Å². The van der Waals surface area contributed by atoms with Gasteiger partial charge in [0.15, 0.2) is 5.16 Å². The molecular weight excluding hydrogens is 432 g/mol. The van der Waals surface area contributed by atoms with Gasteiger partial charge in [0, 0.05) is 44.3 Å². The van der Waals surface area contributed by atoms with Gasteiger partial charge in [0.2, 0.25) is 5.91 Å². The number of hydrogen-bond donors (Lipinski definition) is 1. The zero-order valence-electron chi connectivity index (χ0n) is 19.3. The van der Waals surface area contributed by atoms with Crippen LogP contribution < -0.4 is 10.9 Å². The van der Waals surface area contributed by atoms with Gasteiger partial charge < -0.3 is 10.2 Å². The van der Waals surface area contributed by atoms with Crippen LogP contribution in [0.1, 0.15) is 61.8 Å². The van der Waals surface area contributed by atoms with Gasteiger partial charge in [0.25, 0.3) is 5.56 Å². The standard InChI is InChI=1S/C26H34N4O2S/c31-24(12-14-27-16-19-6-2-1-3-7-19)29-15-13-23-22(18-29)25(32)30(17-20-8-4-9-20)26(28-23)33-21-10-5-11-21/h1-3,6-7,20-21,27H,4-5,8-18H2. The lowest BCUT2D eigenvalue weighted by Gasteiger charge is -2.32. The summed E-state index contributed by atoms with van der Waals surface area (Å²) in [4.78, 5) is 33.2. The Morgan fingerprint density at radius 1 is 1.12 bits per heavy atom. The number of hydrogen-bond acceptors (Lipinski definition) is 5. The molecule has 0 spiro atoms. The van der Waals surface area contributed by atoms with Crippen LogP contribution in [0.4, 0.5) is 0 Å². The van der Waals surface area contributed by atoms with E-state index in [1.165, 1.54) is 44.1 Å². The minimum absolute atomic E-state index is 0.0911. The Morgan fingerprint density at radius 2 is 1.91 bits per heavy atom. The average molecular weight is 467 g/mol. The van der Waals surface area contributed by atoms with Crippen molar-refractivity contribution in [3.05, 3.63) is 57.5 Å². The Labute approximate surface area is 200 Å². The number of carbonyl (C=O) groups excluding carboxylic acids is 1. The van der Waals surface area contributed by atoms with Crippen molar-refractivity contribution in [1.29, 1.82) is 0 Å². The van der Waals surface area contributed by atoms with Gasteiger partial charge in [-0.05, 0) is 37.2 Å². The summed E-state index contributed by atoms with van der Waals surface area (Å²) in [7, 11) is 0. The molecule has 1 aromatic carbocycles. The van der Waals surface area contributed by atoms with Crippen molar-refractivity contribution in [3.8, 4) is 0 Å². The second kappa shape index (κ2) is 10.4. The lowest BCUT2D eigenvalue weighted by atomic mass is 9.85. The first-order valence-corrected chi connectivity index (χ1v) is 13.4. The molecule has 7 heteroatoms. The second-order valence-corrected chi connectivity index (χ2v) is 10.9. The minimum atomic E-state index is 0.0911. The largest absolute Gasteiger partial charge is 0.338 e. The third-order valence-electron chi connectivity index (χ3n) is 7.31. The fourth-order valence-corrected chi connectivity index (χ4v) is 6.02. The summed E-state index contributed by atoms with van der Waals surface area (Å²) in [5.41, 5.74) is 2.96. The fourth-order valence-electron chi connectivity index (χ4n) is 4.71. The molecule has 5 rings (SSSR count). The molecule has 0 radical (unpaired) electrons. The van der Waals surface area contributed by atoms with Gasteiger partial charge in [-0.2, -0.15) is 0 Å². The van der Waals surface area contributed by atoms with E-state index in [1.54, 1.807) is 11.8 Å². The van der Waals surface area contributed by atoms with Crippen LogP contribution in [0, 0.1) is 5.92 Å². The zero-order valence-corrected chi connectivity index (χ0v) is 20.1. The quantitative estimate of drug-likeness (QED) is 0.450. The normalized spacial score (nSPS) is 18.5. The molecule has 6 nitrogen and oxygen atoms in total. The molecule has 2 saturated carbocycles. The fraction of sp³-hybridized carbons (Fsp3) is 0.577. The van der Waals surface area contributed by atoms with E-state index in [1.807, 2.05) is 27.7 Å². The molecule has 2 aliphatic carbocycles. The summed E-state index contributed by atoms with van der Waals surface area (Å²) < 4.78 is 1.95. The SMILES string of the molecule is O=C(CCNCc1ccccc1)N1CCc2nc(SC3CCC3)n(CC3CCC3)c(=O)c2C1. The highest BCUT2D eigenvalue weighted by Crippen LogP contribution is 2.37. The van der Waals surface area contributed by atoms with Gasteiger partial charge in [-0.15, -0.1) is 0 Å². The minimum Gasteiger partial charge on any atom is -0.338 e. The maximum Gasteiger partial charge on any atom is 0.259 e. The van der Waals surface area contributed by atoms with Crippen molar-refractivity contribution in [2.75, 3.05) is 13.1 Å². The van der Waals surface area contributed by atoms with Crippen molar-refractivity contribution in [2.45, 2.75) is 81.4 Å². The summed E-state index contributed by atoms with van der Waals surface area (Å²) in [5, 5.41) is 4.88. The summed E-state index contributed by atoms with van der Waals surface area (Å²) in [6.45, 7) is 3.23. The van der Waals surface area contributed by atoms with Crippen molar-refractivity contribution in [2.24, 2.45) is 5.92 Å². The van der Waals surface area contributed by atoms with Gasteiger partial charge in [-0.1, -0.05) is 54.9 Å². The predicted octanol–water partition coefficient (Wildman–Crippen LogP) is 3.75. The first-order valence-electron chi connectivity index (χ1n) is 12.5. The molecule has 1 N–H and O–H groups in total. The molecule has 0 bridgehead atoms. The van der Waals surface area contributed by atoms with E-state index in [-0.39, 0.29) is 11.5 Å². The van der Waals surface area contributed by atoms with Gasteiger partial charge in [-0.25, -0.2) is 4.98 Å². The molecular formula is C26H34N4O2S. The van der Waals surface area contributed by atoms with Crippen molar-refractivity contribution >= 4 is 17.7 Å². The Bertz CT molecular complexity index is 1030. The smallest absolute Gasteiger partial charge is 0.259 e. The van der Waals surface area contributed by atoms with Crippen LogP contribution in [0.25, 0.3) is 0 Å². The summed E-state index contributed by atoms with van der Waals surface area (Å²) in [6.07, 6.45) is 8.53. The van der Waals surface area contributed by atoms with Crippen molar-refractivity contribution in [3.63, 3.8) is 0 Å². The van der Waals surface area contributed by atoms with E-state index in [9.17, 15) is 9.59 Å². The zero-order chi connectivity index (χ0) is 22.6. The highest BCUT2D eigenvalue weighted by Gasteiger charge is 2.29. The monoisotopic (exact) mass is 466 g/mol. The molecule has 0 atom stereocenters. The van der Waals surface area contributed by atoms with E-state index in [2.05, 4.69) is 17.4 Å². The van der Waals surface area contributed by atoms with Gasteiger partial charge in [0.1, 0.15) is 0 Å². The lowest BCUT2D eigenvalue weighted by Crippen LogP contribution is -2.42. The Balaban J connectivity index is 1.24. The van der Waals surface area contributed by atoms with E-state index in [0.29, 0.717) is 43.6 Å². The third-order valence-corrected chi connectivity index (χ3v) is 8.64. The van der Waals surface area contributed by atoms with Crippen LogP contribution >= 0.6 is 11.8 Å². The third kappa shape index (κ3) is 5.35. The summed E-state index contributed by atoms with van der Waals surface area (Å²) in [5.74, 6) is 0.708. The number of carbonyl (C=O) groups is 1. The average Bonchev–Trinajstić information content (AvgIpc) is 2.78. The van der Waals surface area contributed by atoms with Crippen LogP contribution in [0.5, 0.6) is 0 Å². The number of rotatable bonds is 9. The summed E-state index contributed by atoms with van der Waals surface area (Å²) >= 11 is 1.80. The van der Waals surface area contributed by atoms with E-state index in [0.717, 1.165) is 29.5 Å². The molecule has 0 unspecified atom stereocenters. The maximum atomic E-state index is 13.5. The Morgan fingerprint density at radius 3 is 2.61 bits per heavy atom. The molecule has 33 heavy (non-hydrogen) atoms. The van der Waals surface area contributed by atoms with Gasteiger partial charge in [0.05, 0.1) is 17.8 Å². The molecule has 3 aliphatic rings. The highest BCUT2D eigenvalue weighted by atomic mass is 32.2. The predicted molar refractivity (Wildman–Crippen MR) is 131 cm³/mol. The molecule has 1 aromatic heterocycles. The number of nitrogens with one attached hydrogen (secondary N) is 1.